The first-order chi connectivity index (χ1) is 8.68. The lowest BCUT2D eigenvalue weighted by Crippen LogP contribution is -2.31. The highest BCUT2D eigenvalue weighted by atomic mass is 16.3. The van der Waals surface area contributed by atoms with Gasteiger partial charge in [-0.1, -0.05) is 32.0 Å². The van der Waals surface area contributed by atoms with Crippen LogP contribution in [0.2, 0.25) is 0 Å². The lowest BCUT2D eigenvalue weighted by Gasteiger charge is -2.20. The highest BCUT2D eigenvalue weighted by molar-refractivity contribution is 5.94. The number of carbonyl (C=O) groups is 1. The first-order valence-electron chi connectivity index (χ1n) is 6.08. The fourth-order valence-electron chi connectivity index (χ4n) is 1.85. The second-order valence-electron chi connectivity index (χ2n) is 4.58. The predicted molar refractivity (Wildman–Crippen MR) is 70.2 cm³/mol. The van der Waals surface area contributed by atoms with Gasteiger partial charge >= 0.3 is 0 Å². The predicted octanol–water partition coefficient (Wildman–Crippen LogP) is 3.41. The molecule has 0 spiro atoms. The van der Waals surface area contributed by atoms with Crippen molar-refractivity contribution in [2.24, 2.45) is 5.92 Å². The van der Waals surface area contributed by atoms with E-state index in [0.29, 0.717) is 5.56 Å². The molecule has 2 aromatic rings. The molecule has 2 rings (SSSR count). The Labute approximate surface area is 107 Å². The highest BCUT2D eigenvalue weighted by Crippen LogP contribution is 2.22. The smallest absolute Gasteiger partial charge is 0.251 e. The van der Waals surface area contributed by atoms with Crippen LogP contribution >= 0.6 is 0 Å². The second-order valence-corrected chi connectivity index (χ2v) is 4.58. The number of carbonyl (C=O) groups excluding carboxylic acids is 1. The zero-order valence-corrected chi connectivity index (χ0v) is 10.6. The van der Waals surface area contributed by atoms with E-state index in [-0.39, 0.29) is 17.9 Å². The quantitative estimate of drug-likeness (QED) is 0.894. The molecular formula is C15H17NO2. The third kappa shape index (κ3) is 2.80. The molecular weight excluding hydrogens is 226 g/mol. The van der Waals surface area contributed by atoms with Gasteiger partial charge in [0.2, 0.25) is 0 Å². The Balaban J connectivity index is 2.13. The van der Waals surface area contributed by atoms with Gasteiger partial charge in [0.1, 0.15) is 5.76 Å². The summed E-state index contributed by atoms with van der Waals surface area (Å²) in [5.41, 5.74) is 0.662. The van der Waals surface area contributed by atoms with E-state index in [1.165, 1.54) is 0 Å². The molecule has 3 nitrogen and oxygen atoms in total. The van der Waals surface area contributed by atoms with Crippen molar-refractivity contribution < 1.29 is 9.21 Å². The minimum absolute atomic E-state index is 0.0781. The summed E-state index contributed by atoms with van der Waals surface area (Å²) in [6.07, 6.45) is 1.62. The average molecular weight is 243 g/mol. The Hall–Kier alpha value is -2.03. The van der Waals surface area contributed by atoms with Crippen LogP contribution in [-0.2, 0) is 0 Å². The topological polar surface area (TPSA) is 42.2 Å². The van der Waals surface area contributed by atoms with Crippen molar-refractivity contribution in [3.63, 3.8) is 0 Å². The molecule has 1 aromatic carbocycles. The molecule has 1 atom stereocenters. The highest BCUT2D eigenvalue weighted by Gasteiger charge is 2.21. The number of hydrogen-bond acceptors (Lipinski definition) is 2. The van der Waals surface area contributed by atoms with E-state index in [4.69, 9.17) is 4.42 Å². The molecule has 0 unspecified atom stereocenters. The van der Waals surface area contributed by atoms with Gasteiger partial charge < -0.3 is 9.73 Å². The van der Waals surface area contributed by atoms with Crippen LogP contribution in [0.5, 0.6) is 0 Å². The van der Waals surface area contributed by atoms with Crippen molar-refractivity contribution in [3.05, 3.63) is 60.1 Å². The number of amides is 1. The Morgan fingerprint density at radius 3 is 2.39 bits per heavy atom. The van der Waals surface area contributed by atoms with Crippen LogP contribution in [0.4, 0.5) is 0 Å². The standard InChI is InChI=1S/C15H17NO2/c1-11(2)14(13-9-6-10-18-13)16-15(17)12-7-4-3-5-8-12/h3-11,14H,1-2H3,(H,16,17)/t14-/m1/s1. The second kappa shape index (κ2) is 5.54. The molecule has 0 radical (unpaired) electrons. The van der Waals surface area contributed by atoms with E-state index in [9.17, 15) is 4.79 Å². The van der Waals surface area contributed by atoms with Crippen LogP contribution in [-0.4, -0.2) is 5.91 Å². The summed E-state index contributed by atoms with van der Waals surface area (Å²) in [6.45, 7) is 4.11. The summed E-state index contributed by atoms with van der Waals surface area (Å²) in [6, 6.07) is 12.8. The Bertz CT molecular complexity index is 488. The van der Waals surface area contributed by atoms with Crippen LogP contribution in [0.1, 0.15) is 36.0 Å². The van der Waals surface area contributed by atoms with E-state index in [0.717, 1.165) is 5.76 Å². The summed E-state index contributed by atoms with van der Waals surface area (Å²) < 4.78 is 5.38. The first kappa shape index (κ1) is 12.4. The number of rotatable bonds is 4. The molecule has 0 saturated heterocycles. The van der Waals surface area contributed by atoms with Crippen LogP contribution in [0.25, 0.3) is 0 Å². The molecule has 3 heteroatoms. The Kier molecular flexibility index (Phi) is 3.82. The van der Waals surface area contributed by atoms with Gasteiger partial charge in [0, 0.05) is 5.56 Å². The van der Waals surface area contributed by atoms with E-state index in [1.807, 2.05) is 30.3 Å². The van der Waals surface area contributed by atoms with Gasteiger partial charge in [-0.25, -0.2) is 0 Å². The fraction of sp³-hybridized carbons (Fsp3) is 0.267. The van der Waals surface area contributed by atoms with Crippen molar-refractivity contribution >= 4 is 5.91 Å². The molecule has 1 aromatic heterocycles. The first-order valence-corrected chi connectivity index (χ1v) is 6.08. The monoisotopic (exact) mass is 243 g/mol. The molecule has 0 bridgehead atoms. The fourth-order valence-corrected chi connectivity index (χ4v) is 1.85. The number of furan rings is 1. The van der Waals surface area contributed by atoms with Gasteiger partial charge in [-0.3, -0.25) is 4.79 Å². The molecule has 94 valence electrons. The molecule has 0 aliphatic carbocycles. The summed E-state index contributed by atoms with van der Waals surface area (Å²) >= 11 is 0. The zero-order valence-electron chi connectivity index (χ0n) is 10.6. The van der Waals surface area contributed by atoms with Gasteiger partial charge in [0.15, 0.2) is 0 Å². The van der Waals surface area contributed by atoms with Crippen molar-refractivity contribution in [1.82, 2.24) is 5.32 Å². The third-order valence-corrected chi connectivity index (χ3v) is 2.84. The van der Waals surface area contributed by atoms with E-state index < -0.39 is 0 Å². The molecule has 1 amide bonds. The summed E-state index contributed by atoms with van der Waals surface area (Å²) in [7, 11) is 0. The normalized spacial score (nSPS) is 12.4. The van der Waals surface area contributed by atoms with E-state index in [2.05, 4.69) is 19.2 Å². The molecule has 0 aliphatic heterocycles. The molecule has 0 saturated carbocycles. The molecule has 1 N–H and O–H groups in total. The molecule has 1 heterocycles. The Morgan fingerprint density at radius 1 is 1.11 bits per heavy atom. The SMILES string of the molecule is CC(C)[C@@H](NC(=O)c1ccccc1)c1ccco1. The van der Waals surface area contributed by atoms with Crippen molar-refractivity contribution in [2.75, 3.05) is 0 Å². The minimum Gasteiger partial charge on any atom is -0.467 e. The van der Waals surface area contributed by atoms with Crippen LogP contribution in [0, 0.1) is 5.92 Å². The van der Waals surface area contributed by atoms with Crippen LogP contribution in [0.3, 0.4) is 0 Å². The van der Waals surface area contributed by atoms with Crippen LogP contribution in [0.15, 0.2) is 53.1 Å². The van der Waals surface area contributed by atoms with Crippen molar-refractivity contribution in [3.8, 4) is 0 Å². The maximum atomic E-state index is 12.1. The van der Waals surface area contributed by atoms with E-state index >= 15 is 0 Å². The van der Waals surface area contributed by atoms with Gasteiger partial charge in [0.05, 0.1) is 12.3 Å². The zero-order chi connectivity index (χ0) is 13.0. The summed E-state index contributed by atoms with van der Waals surface area (Å²) in [5.74, 6) is 0.976. The average Bonchev–Trinajstić information content (AvgIpc) is 2.90. The lowest BCUT2D eigenvalue weighted by molar-refractivity contribution is 0.0918. The number of nitrogens with one attached hydrogen (secondary N) is 1. The summed E-state index contributed by atoms with van der Waals surface area (Å²) in [5, 5.41) is 3.00. The maximum Gasteiger partial charge on any atom is 0.251 e. The number of hydrogen-bond donors (Lipinski definition) is 1. The van der Waals surface area contributed by atoms with Gasteiger partial charge in [0.25, 0.3) is 5.91 Å². The van der Waals surface area contributed by atoms with Crippen molar-refractivity contribution in [2.45, 2.75) is 19.9 Å². The van der Waals surface area contributed by atoms with Gasteiger partial charge in [-0.2, -0.15) is 0 Å². The summed E-state index contributed by atoms with van der Waals surface area (Å²) in [4.78, 5) is 12.1. The molecule has 0 aliphatic rings. The number of benzene rings is 1. The van der Waals surface area contributed by atoms with Crippen LogP contribution < -0.4 is 5.32 Å². The van der Waals surface area contributed by atoms with Gasteiger partial charge in [-0.05, 0) is 30.2 Å². The largest absolute Gasteiger partial charge is 0.467 e. The lowest BCUT2D eigenvalue weighted by atomic mass is 10.0. The Morgan fingerprint density at radius 2 is 1.83 bits per heavy atom. The maximum absolute atomic E-state index is 12.1. The third-order valence-electron chi connectivity index (χ3n) is 2.84. The van der Waals surface area contributed by atoms with E-state index in [1.54, 1.807) is 18.4 Å². The minimum atomic E-state index is -0.104. The molecule has 18 heavy (non-hydrogen) atoms. The molecule has 0 fully saturated rings. The van der Waals surface area contributed by atoms with Crippen molar-refractivity contribution in [1.29, 1.82) is 0 Å². The van der Waals surface area contributed by atoms with Gasteiger partial charge in [-0.15, -0.1) is 0 Å².